The number of hydrogen-bond acceptors (Lipinski definition) is 4. The maximum absolute atomic E-state index is 12.7. The van der Waals surface area contributed by atoms with Crippen LogP contribution in [-0.4, -0.2) is 42.3 Å². The number of hydrogen-bond donors (Lipinski definition) is 3. The lowest BCUT2D eigenvalue weighted by molar-refractivity contribution is -0.138. The summed E-state index contributed by atoms with van der Waals surface area (Å²) in [6.45, 7) is 2.34. The third-order valence-corrected chi connectivity index (χ3v) is 7.33. The van der Waals surface area contributed by atoms with Gasteiger partial charge in [-0.05, 0) is 47.4 Å². The van der Waals surface area contributed by atoms with Crippen LogP contribution in [0.3, 0.4) is 0 Å². The van der Waals surface area contributed by atoms with Crippen molar-refractivity contribution in [3.05, 3.63) is 59.7 Å². The van der Waals surface area contributed by atoms with Crippen LogP contribution in [0.25, 0.3) is 11.1 Å². The first-order valence-corrected chi connectivity index (χ1v) is 12.5. The Labute approximate surface area is 206 Å². The van der Waals surface area contributed by atoms with Gasteiger partial charge in [-0.15, -0.1) is 0 Å². The molecule has 2 aliphatic rings. The van der Waals surface area contributed by atoms with Gasteiger partial charge in [0.2, 0.25) is 5.91 Å². The van der Waals surface area contributed by atoms with E-state index in [1.165, 1.54) is 11.1 Å². The highest BCUT2D eigenvalue weighted by molar-refractivity contribution is 5.80. The van der Waals surface area contributed by atoms with E-state index in [1.807, 2.05) is 24.3 Å². The summed E-state index contributed by atoms with van der Waals surface area (Å²) >= 11 is 0. The molecule has 2 aromatic rings. The predicted molar refractivity (Wildman–Crippen MR) is 133 cm³/mol. The molecule has 4 rings (SSSR count). The average molecular weight is 479 g/mol. The van der Waals surface area contributed by atoms with Gasteiger partial charge in [0, 0.05) is 24.4 Å². The van der Waals surface area contributed by atoms with Crippen LogP contribution in [0, 0.1) is 11.8 Å². The first kappa shape index (κ1) is 24.8. The SMILES string of the molecule is CC(CCNC(=O)OCC1c2ccccc2-c2ccccc21)C(=O)NC(CC(=O)O)C1CCCC1. The van der Waals surface area contributed by atoms with Crippen LogP contribution in [0.2, 0.25) is 0 Å². The molecule has 0 bridgehead atoms. The number of nitrogens with one attached hydrogen (secondary N) is 2. The highest BCUT2D eigenvalue weighted by atomic mass is 16.5. The van der Waals surface area contributed by atoms with Crippen LogP contribution in [0.4, 0.5) is 4.79 Å². The van der Waals surface area contributed by atoms with Crippen molar-refractivity contribution in [1.29, 1.82) is 0 Å². The third-order valence-electron chi connectivity index (χ3n) is 7.33. The number of carbonyl (C=O) groups excluding carboxylic acids is 2. The second kappa shape index (κ2) is 11.4. The molecule has 186 valence electrons. The third kappa shape index (κ3) is 6.02. The number of carboxylic acids is 1. The first-order chi connectivity index (χ1) is 16.9. The second-order valence-corrected chi connectivity index (χ2v) is 9.70. The van der Waals surface area contributed by atoms with Gasteiger partial charge in [-0.3, -0.25) is 9.59 Å². The second-order valence-electron chi connectivity index (χ2n) is 9.70. The molecule has 3 N–H and O–H groups in total. The fourth-order valence-electron chi connectivity index (χ4n) is 5.38. The Hall–Kier alpha value is -3.35. The Kier molecular flexibility index (Phi) is 8.06. The van der Waals surface area contributed by atoms with Crippen LogP contribution in [0.1, 0.15) is 62.5 Å². The summed E-state index contributed by atoms with van der Waals surface area (Å²) in [6, 6.07) is 16.0. The number of carboxylic acid groups (broad SMARTS) is 1. The summed E-state index contributed by atoms with van der Waals surface area (Å²) in [5.41, 5.74) is 4.67. The van der Waals surface area contributed by atoms with Gasteiger partial charge in [-0.1, -0.05) is 68.3 Å². The quantitative estimate of drug-likeness (QED) is 0.459. The van der Waals surface area contributed by atoms with E-state index in [0.717, 1.165) is 36.8 Å². The van der Waals surface area contributed by atoms with E-state index in [-0.39, 0.29) is 42.7 Å². The van der Waals surface area contributed by atoms with E-state index in [9.17, 15) is 19.5 Å². The molecule has 2 aliphatic carbocycles. The molecule has 2 unspecified atom stereocenters. The molecule has 0 aliphatic heterocycles. The smallest absolute Gasteiger partial charge is 0.407 e. The zero-order chi connectivity index (χ0) is 24.8. The molecule has 2 amide bonds. The lowest BCUT2D eigenvalue weighted by atomic mass is 9.94. The van der Waals surface area contributed by atoms with Crippen LogP contribution >= 0.6 is 0 Å². The number of aliphatic carboxylic acids is 1. The van der Waals surface area contributed by atoms with Crippen LogP contribution < -0.4 is 10.6 Å². The van der Waals surface area contributed by atoms with Gasteiger partial charge >= 0.3 is 12.1 Å². The van der Waals surface area contributed by atoms with E-state index in [2.05, 4.69) is 34.9 Å². The van der Waals surface area contributed by atoms with Crippen LogP contribution in [0.15, 0.2) is 48.5 Å². The molecule has 2 atom stereocenters. The Morgan fingerprint density at radius 1 is 1.00 bits per heavy atom. The molecule has 0 saturated heterocycles. The fourth-order valence-corrected chi connectivity index (χ4v) is 5.38. The summed E-state index contributed by atoms with van der Waals surface area (Å²) in [5.74, 6) is -1.19. The average Bonchev–Trinajstić information content (AvgIpc) is 3.49. The zero-order valence-corrected chi connectivity index (χ0v) is 20.2. The molecule has 2 aromatic carbocycles. The van der Waals surface area contributed by atoms with Gasteiger partial charge < -0.3 is 20.5 Å². The molecule has 0 radical (unpaired) electrons. The highest BCUT2D eigenvalue weighted by Crippen LogP contribution is 2.44. The van der Waals surface area contributed by atoms with E-state index in [1.54, 1.807) is 6.92 Å². The minimum Gasteiger partial charge on any atom is -0.481 e. The van der Waals surface area contributed by atoms with E-state index in [4.69, 9.17) is 4.74 Å². The van der Waals surface area contributed by atoms with Gasteiger partial charge in [0.15, 0.2) is 0 Å². The number of fused-ring (bicyclic) bond motifs is 3. The maximum Gasteiger partial charge on any atom is 0.407 e. The van der Waals surface area contributed by atoms with Crippen molar-refractivity contribution in [2.75, 3.05) is 13.2 Å². The molecule has 7 nitrogen and oxygen atoms in total. The number of amides is 2. The molecular weight excluding hydrogens is 444 g/mol. The number of alkyl carbamates (subject to hydrolysis) is 1. The maximum atomic E-state index is 12.7. The van der Waals surface area contributed by atoms with Crippen molar-refractivity contribution in [3.8, 4) is 11.1 Å². The van der Waals surface area contributed by atoms with Crippen molar-refractivity contribution >= 4 is 18.0 Å². The molecule has 7 heteroatoms. The van der Waals surface area contributed by atoms with Crippen molar-refractivity contribution in [3.63, 3.8) is 0 Å². The number of ether oxygens (including phenoxy) is 1. The first-order valence-electron chi connectivity index (χ1n) is 12.5. The van der Waals surface area contributed by atoms with E-state index < -0.39 is 12.1 Å². The topological polar surface area (TPSA) is 105 Å². The molecule has 0 aromatic heterocycles. The van der Waals surface area contributed by atoms with Crippen molar-refractivity contribution in [1.82, 2.24) is 10.6 Å². The summed E-state index contributed by atoms with van der Waals surface area (Å²) < 4.78 is 5.54. The molecule has 0 heterocycles. The Morgan fingerprint density at radius 3 is 2.20 bits per heavy atom. The molecule has 1 saturated carbocycles. The molecular formula is C28H34N2O5. The minimum atomic E-state index is -0.897. The van der Waals surface area contributed by atoms with Gasteiger partial charge in [-0.2, -0.15) is 0 Å². The monoisotopic (exact) mass is 478 g/mol. The summed E-state index contributed by atoms with van der Waals surface area (Å²) in [7, 11) is 0. The lowest BCUT2D eigenvalue weighted by Gasteiger charge is -2.25. The van der Waals surface area contributed by atoms with Crippen molar-refractivity contribution in [2.24, 2.45) is 11.8 Å². The zero-order valence-electron chi connectivity index (χ0n) is 20.2. The van der Waals surface area contributed by atoms with Crippen LogP contribution in [0.5, 0.6) is 0 Å². The molecule has 0 spiro atoms. The minimum absolute atomic E-state index is 0.000364. The van der Waals surface area contributed by atoms with Gasteiger partial charge in [0.05, 0.1) is 6.42 Å². The van der Waals surface area contributed by atoms with Crippen LogP contribution in [-0.2, 0) is 14.3 Å². The van der Waals surface area contributed by atoms with Gasteiger partial charge in [0.25, 0.3) is 0 Å². The number of benzene rings is 2. The Balaban J connectivity index is 1.23. The predicted octanol–water partition coefficient (Wildman–Crippen LogP) is 4.70. The molecule has 1 fully saturated rings. The Bertz CT molecular complexity index is 1020. The summed E-state index contributed by atoms with van der Waals surface area (Å²) in [6.07, 6.45) is 3.95. The Morgan fingerprint density at radius 2 is 1.60 bits per heavy atom. The summed E-state index contributed by atoms with van der Waals surface area (Å²) in [5, 5.41) is 14.9. The van der Waals surface area contributed by atoms with E-state index >= 15 is 0 Å². The standard InChI is InChI=1S/C28H34N2O5/c1-18(27(33)30-25(16-26(31)32)19-8-2-3-9-19)14-15-29-28(34)35-17-24-22-12-6-4-10-20(22)21-11-5-7-13-23(21)24/h4-7,10-13,18-19,24-25H,2-3,8-9,14-17H2,1H3,(H,29,34)(H,30,33)(H,31,32). The highest BCUT2D eigenvalue weighted by Gasteiger charge is 2.30. The molecule has 35 heavy (non-hydrogen) atoms. The number of carbonyl (C=O) groups is 3. The van der Waals surface area contributed by atoms with Crippen molar-refractivity contribution in [2.45, 2.75) is 57.4 Å². The largest absolute Gasteiger partial charge is 0.481 e. The lowest BCUT2D eigenvalue weighted by Crippen LogP contribution is -2.44. The number of rotatable bonds is 10. The van der Waals surface area contributed by atoms with Gasteiger partial charge in [0.1, 0.15) is 6.61 Å². The van der Waals surface area contributed by atoms with Gasteiger partial charge in [-0.25, -0.2) is 4.79 Å². The normalized spacial score (nSPS) is 16.7. The summed E-state index contributed by atoms with van der Waals surface area (Å²) in [4.78, 5) is 36.2. The van der Waals surface area contributed by atoms with Crippen molar-refractivity contribution < 1.29 is 24.2 Å². The fraction of sp³-hybridized carbons (Fsp3) is 0.464. The van der Waals surface area contributed by atoms with E-state index in [0.29, 0.717) is 13.0 Å².